The third kappa shape index (κ3) is 11.6. The minimum absolute atomic E-state index is 0. The Labute approximate surface area is 236 Å². The van der Waals surface area contributed by atoms with Gasteiger partial charge in [-0.1, -0.05) is 83.3 Å². The molecule has 1 N–H and O–H groups in total. The molecule has 2 aromatic rings. The zero-order chi connectivity index (χ0) is 22.5. The van der Waals surface area contributed by atoms with Crippen molar-refractivity contribution in [1.82, 2.24) is 0 Å². The molecule has 0 unspecified atom stereocenters. The van der Waals surface area contributed by atoms with Crippen molar-refractivity contribution >= 4 is 10.1 Å². The first-order valence-corrected chi connectivity index (χ1v) is 12.9. The molecule has 0 fully saturated rings. The van der Waals surface area contributed by atoms with Crippen LogP contribution in [0.3, 0.4) is 0 Å². The van der Waals surface area contributed by atoms with Gasteiger partial charge in [0.25, 0.3) is 10.1 Å². The Morgan fingerprint density at radius 1 is 0.812 bits per heavy atom. The van der Waals surface area contributed by atoms with Gasteiger partial charge in [-0.3, -0.25) is 4.55 Å². The third-order valence-corrected chi connectivity index (χ3v) is 6.28. The van der Waals surface area contributed by atoms with Gasteiger partial charge in [-0.05, 0) is 48.7 Å². The summed E-state index contributed by atoms with van der Waals surface area (Å²) in [5.41, 5.74) is 0.734. The van der Waals surface area contributed by atoms with E-state index in [1.54, 1.807) is 18.2 Å². The van der Waals surface area contributed by atoms with E-state index in [0.717, 1.165) is 24.8 Å². The van der Waals surface area contributed by atoms with Gasteiger partial charge in [0.15, 0.2) is 0 Å². The summed E-state index contributed by atoms with van der Waals surface area (Å²) in [6.07, 6.45) is 14.3. The van der Waals surface area contributed by atoms with Crippen LogP contribution in [0.5, 0.6) is 17.2 Å². The number of ether oxygens (including phenoxy) is 1. The Morgan fingerprint density at radius 3 is 1.88 bits per heavy atom. The van der Waals surface area contributed by atoms with Gasteiger partial charge in [0.2, 0.25) is 0 Å². The first kappa shape index (κ1) is 29.6. The largest absolute Gasteiger partial charge is 1.00 e. The van der Waals surface area contributed by atoms with Crippen molar-refractivity contribution in [3.8, 4) is 17.2 Å². The molecule has 0 saturated carbocycles. The van der Waals surface area contributed by atoms with Gasteiger partial charge in [0.1, 0.15) is 11.5 Å². The fourth-order valence-electron chi connectivity index (χ4n) is 3.63. The van der Waals surface area contributed by atoms with Crippen molar-refractivity contribution in [3.05, 3.63) is 48.0 Å². The number of hydrogen-bond acceptors (Lipinski definition) is 4. The molecule has 0 atom stereocenters. The van der Waals surface area contributed by atoms with Crippen molar-refractivity contribution in [3.63, 3.8) is 0 Å². The molecule has 0 aliphatic heterocycles. The second kappa shape index (κ2) is 16.3. The standard InChI is InChI=1S/C25H36O5S.K/c1-2-3-4-5-6-7-8-9-10-11-12-13-21-20-24(31(27,28)29)18-19-25(21)30-23-16-14-22(26)15-17-23;/h14-20,26H,2-13H2,1H3,(H,27,28,29);/q;+1/p-1. The zero-order valence-corrected chi connectivity index (χ0v) is 23.5. The van der Waals surface area contributed by atoms with E-state index in [4.69, 9.17) is 4.74 Å². The van der Waals surface area contributed by atoms with Crippen LogP contribution in [0.15, 0.2) is 47.4 Å². The molecule has 32 heavy (non-hydrogen) atoms. The summed E-state index contributed by atoms with van der Waals surface area (Å²) in [6.45, 7) is 2.24. The maximum atomic E-state index is 11.5. The van der Waals surface area contributed by atoms with Crippen LogP contribution >= 0.6 is 0 Å². The Morgan fingerprint density at radius 2 is 1.34 bits per heavy atom. The second-order valence-corrected chi connectivity index (χ2v) is 9.53. The van der Waals surface area contributed by atoms with Crippen molar-refractivity contribution in [2.45, 2.75) is 88.9 Å². The van der Waals surface area contributed by atoms with Crippen LogP contribution in [-0.2, 0) is 16.5 Å². The number of benzene rings is 2. The Balaban J connectivity index is 0.00000512. The SMILES string of the molecule is CCCCCCCCCCCCCc1cc(S(=O)(=O)O)ccc1Oc1ccc([O-])cc1.[K+]. The average molecular weight is 487 g/mol. The van der Waals surface area contributed by atoms with Gasteiger partial charge < -0.3 is 9.84 Å². The van der Waals surface area contributed by atoms with Crippen LogP contribution in [0.1, 0.15) is 83.1 Å². The molecular formula is C25H35KO5S. The van der Waals surface area contributed by atoms with Crippen molar-refractivity contribution in [1.29, 1.82) is 0 Å². The molecule has 172 valence electrons. The average Bonchev–Trinajstić information content (AvgIpc) is 2.74. The molecule has 5 nitrogen and oxygen atoms in total. The van der Waals surface area contributed by atoms with Crippen molar-refractivity contribution in [2.24, 2.45) is 0 Å². The molecule has 2 aromatic carbocycles. The number of rotatable bonds is 15. The van der Waals surface area contributed by atoms with E-state index in [-0.39, 0.29) is 62.0 Å². The zero-order valence-electron chi connectivity index (χ0n) is 19.5. The van der Waals surface area contributed by atoms with E-state index in [9.17, 15) is 18.1 Å². The fraction of sp³-hybridized carbons (Fsp3) is 0.520. The predicted molar refractivity (Wildman–Crippen MR) is 122 cm³/mol. The van der Waals surface area contributed by atoms with Crippen LogP contribution < -0.4 is 61.2 Å². The minimum Gasteiger partial charge on any atom is -0.872 e. The number of aryl methyl sites for hydroxylation is 1. The molecule has 2 rings (SSSR count). The van der Waals surface area contributed by atoms with E-state index in [2.05, 4.69) is 6.92 Å². The summed E-state index contributed by atoms with van der Waals surface area (Å²) < 4.78 is 38.3. The van der Waals surface area contributed by atoms with Crippen LogP contribution in [0.25, 0.3) is 0 Å². The maximum Gasteiger partial charge on any atom is 1.00 e. The van der Waals surface area contributed by atoms with E-state index in [1.807, 2.05) is 0 Å². The first-order valence-electron chi connectivity index (χ1n) is 11.5. The summed E-state index contributed by atoms with van der Waals surface area (Å²) in [4.78, 5) is -0.132. The van der Waals surface area contributed by atoms with Crippen LogP contribution in [0, 0.1) is 0 Å². The summed E-state index contributed by atoms with van der Waals surface area (Å²) in [5, 5.41) is 11.3. The van der Waals surface area contributed by atoms with E-state index < -0.39 is 10.1 Å². The minimum atomic E-state index is -4.27. The topological polar surface area (TPSA) is 86.7 Å². The van der Waals surface area contributed by atoms with Crippen LogP contribution in [-0.4, -0.2) is 13.0 Å². The van der Waals surface area contributed by atoms with Gasteiger partial charge in [0, 0.05) is 0 Å². The van der Waals surface area contributed by atoms with Crippen LogP contribution in [0.4, 0.5) is 0 Å². The molecule has 0 bridgehead atoms. The molecule has 0 radical (unpaired) electrons. The van der Waals surface area contributed by atoms with Crippen LogP contribution in [0.2, 0.25) is 0 Å². The monoisotopic (exact) mass is 486 g/mol. The predicted octanol–water partition coefficient (Wildman–Crippen LogP) is 3.66. The maximum absolute atomic E-state index is 11.5. The van der Waals surface area contributed by atoms with Gasteiger partial charge in [0.05, 0.1) is 4.90 Å². The van der Waals surface area contributed by atoms with E-state index >= 15 is 0 Å². The molecule has 0 aromatic heterocycles. The molecule has 0 aliphatic carbocycles. The van der Waals surface area contributed by atoms with Gasteiger partial charge in [-0.15, -0.1) is 5.75 Å². The molecule has 0 spiro atoms. The molecular weight excluding hydrogens is 451 g/mol. The molecule has 0 saturated heterocycles. The van der Waals surface area contributed by atoms with Crippen molar-refractivity contribution < 1.29 is 74.2 Å². The summed E-state index contributed by atoms with van der Waals surface area (Å²) in [5.74, 6) is 0.952. The summed E-state index contributed by atoms with van der Waals surface area (Å²) >= 11 is 0. The summed E-state index contributed by atoms with van der Waals surface area (Å²) in [7, 11) is -4.27. The van der Waals surface area contributed by atoms with Crippen molar-refractivity contribution in [2.75, 3.05) is 0 Å². The van der Waals surface area contributed by atoms with E-state index in [1.165, 1.54) is 75.6 Å². The van der Waals surface area contributed by atoms with Gasteiger partial charge >= 0.3 is 51.4 Å². The molecule has 0 aliphatic rings. The third-order valence-electron chi connectivity index (χ3n) is 5.43. The normalized spacial score (nSPS) is 11.2. The number of hydrogen-bond donors (Lipinski definition) is 1. The Hall–Kier alpha value is -0.414. The fourth-order valence-corrected chi connectivity index (χ4v) is 4.16. The Kier molecular flexibility index (Phi) is 15.0. The van der Waals surface area contributed by atoms with E-state index in [0.29, 0.717) is 17.9 Å². The molecule has 0 heterocycles. The second-order valence-electron chi connectivity index (χ2n) is 8.10. The first-order chi connectivity index (χ1) is 14.9. The quantitative estimate of drug-likeness (QED) is 0.236. The molecule has 0 amide bonds. The summed E-state index contributed by atoms with van der Waals surface area (Å²) in [6, 6.07) is 10.4. The van der Waals surface area contributed by atoms with Gasteiger partial charge in [-0.25, -0.2) is 0 Å². The molecule has 7 heteroatoms. The smallest absolute Gasteiger partial charge is 0.872 e. The van der Waals surface area contributed by atoms with Gasteiger partial charge in [-0.2, -0.15) is 8.42 Å². The number of unbranched alkanes of at least 4 members (excludes halogenated alkanes) is 10. The Bertz CT molecular complexity index is 882.